The van der Waals surface area contributed by atoms with Crippen molar-refractivity contribution in [3.8, 4) is 0 Å². The Morgan fingerprint density at radius 2 is 2.16 bits per heavy atom. The molecule has 0 saturated carbocycles. The summed E-state index contributed by atoms with van der Waals surface area (Å²) in [5, 5.41) is 11.0. The molecule has 1 aliphatic rings. The molecule has 7 heteroatoms. The fourth-order valence-electron chi connectivity index (χ4n) is 2.49. The molecule has 1 aliphatic heterocycles. The molecule has 1 fully saturated rings. The first-order valence-electron chi connectivity index (χ1n) is 6.15. The Hall–Kier alpha value is -1.76. The Balaban J connectivity index is 2.52. The molecule has 0 aliphatic carbocycles. The van der Waals surface area contributed by atoms with Gasteiger partial charge in [0.2, 0.25) is 0 Å². The molecule has 0 radical (unpaired) electrons. The smallest absolute Gasteiger partial charge is 0.295 e. The molecule has 19 heavy (non-hydrogen) atoms. The van der Waals surface area contributed by atoms with E-state index in [1.807, 2.05) is 0 Å². The molecule has 5 nitrogen and oxygen atoms in total. The molecule has 1 heterocycles. The number of piperidine rings is 1. The van der Waals surface area contributed by atoms with E-state index in [1.165, 1.54) is 4.90 Å². The molecule has 1 aromatic carbocycles. The van der Waals surface area contributed by atoms with Gasteiger partial charge in [0, 0.05) is 25.2 Å². The van der Waals surface area contributed by atoms with Crippen LogP contribution in [-0.4, -0.2) is 24.1 Å². The predicted molar refractivity (Wildman–Crippen MR) is 67.1 cm³/mol. The quantitative estimate of drug-likeness (QED) is 0.675. The second kappa shape index (κ2) is 5.48. The Morgan fingerprint density at radius 1 is 1.42 bits per heavy atom. The van der Waals surface area contributed by atoms with Gasteiger partial charge in [-0.25, -0.2) is 8.78 Å². The molecule has 2 N–H and O–H groups in total. The van der Waals surface area contributed by atoms with Crippen LogP contribution in [0.3, 0.4) is 0 Å². The van der Waals surface area contributed by atoms with Crippen LogP contribution in [0.4, 0.5) is 20.2 Å². The van der Waals surface area contributed by atoms with Crippen LogP contribution in [0.1, 0.15) is 19.3 Å². The molecular weight excluding hydrogens is 256 g/mol. The Kier molecular flexibility index (Phi) is 3.94. The van der Waals surface area contributed by atoms with Gasteiger partial charge in [-0.15, -0.1) is 0 Å². The maximum atomic E-state index is 14.0. The number of hydrogen-bond acceptors (Lipinski definition) is 4. The van der Waals surface area contributed by atoms with Gasteiger partial charge in [-0.2, -0.15) is 0 Å². The van der Waals surface area contributed by atoms with Gasteiger partial charge < -0.3 is 10.6 Å². The zero-order chi connectivity index (χ0) is 14.0. The normalized spacial score (nSPS) is 19.5. The summed E-state index contributed by atoms with van der Waals surface area (Å²) < 4.78 is 27.3. The zero-order valence-corrected chi connectivity index (χ0v) is 10.3. The van der Waals surface area contributed by atoms with Gasteiger partial charge in [0.25, 0.3) is 5.69 Å². The first kappa shape index (κ1) is 13.7. The number of nitro benzene ring substituents is 1. The molecule has 2 rings (SSSR count). The van der Waals surface area contributed by atoms with Crippen LogP contribution in [0.5, 0.6) is 0 Å². The van der Waals surface area contributed by atoms with Gasteiger partial charge in [-0.05, 0) is 25.3 Å². The van der Waals surface area contributed by atoms with Gasteiger partial charge >= 0.3 is 0 Å². The minimum absolute atomic E-state index is 0.191. The number of nitrogens with two attached hydrogens (primary N) is 1. The van der Waals surface area contributed by atoms with E-state index < -0.39 is 22.2 Å². The number of hydrogen-bond donors (Lipinski definition) is 1. The van der Waals surface area contributed by atoms with E-state index in [0.717, 1.165) is 31.4 Å². The fourth-order valence-corrected chi connectivity index (χ4v) is 2.49. The van der Waals surface area contributed by atoms with Crippen molar-refractivity contribution in [2.24, 2.45) is 5.73 Å². The minimum atomic E-state index is -1.17. The number of rotatable bonds is 3. The van der Waals surface area contributed by atoms with Crippen LogP contribution in [0, 0.1) is 21.7 Å². The zero-order valence-electron chi connectivity index (χ0n) is 10.3. The lowest BCUT2D eigenvalue weighted by atomic mass is 10.0. The summed E-state index contributed by atoms with van der Waals surface area (Å²) >= 11 is 0. The number of halogens is 2. The van der Waals surface area contributed by atoms with Crippen molar-refractivity contribution < 1.29 is 13.7 Å². The third-order valence-corrected chi connectivity index (χ3v) is 3.43. The van der Waals surface area contributed by atoms with Crippen molar-refractivity contribution in [2.45, 2.75) is 25.3 Å². The van der Waals surface area contributed by atoms with Gasteiger partial charge in [0.1, 0.15) is 0 Å². The third-order valence-electron chi connectivity index (χ3n) is 3.43. The first-order valence-corrected chi connectivity index (χ1v) is 6.15. The summed E-state index contributed by atoms with van der Waals surface area (Å²) in [4.78, 5) is 11.8. The maximum Gasteiger partial charge on any atom is 0.295 e. The molecular formula is C12H15F2N3O2. The van der Waals surface area contributed by atoms with Crippen molar-refractivity contribution in [1.29, 1.82) is 0 Å². The molecule has 0 spiro atoms. The van der Waals surface area contributed by atoms with Crippen molar-refractivity contribution >= 4 is 11.4 Å². The Morgan fingerprint density at radius 3 is 2.79 bits per heavy atom. The fraction of sp³-hybridized carbons (Fsp3) is 0.500. The van der Waals surface area contributed by atoms with E-state index in [4.69, 9.17) is 5.73 Å². The highest BCUT2D eigenvalue weighted by atomic mass is 19.2. The van der Waals surface area contributed by atoms with Crippen LogP contribution in [0.2, 0.25) is 0 Å². The van der Waals surface area contributed by atoms with Gasteiger partial charge in [-0.1, -0.05) is 0 Å². The largest absolute Gasteiger partial charge is 0.359 e. The summed E-state index contributed by atoms with van der Waals surface area (Å²) in [6, 6.07) is 1.58. The van der Waals surface area contributed by atoms with Crippen molar-refractivity contribution in [2.75, 3.05) is 18.0 Å². The van der Waals surface area contributed by atoms with Crippen molar-refractivity contribution in [3.05, 3.63) is 33.9 Å². The minimum Gasteiger partial charge on any atom is -0.359 e. The van der Waals surface area contributed by atoms with Crippen molar-refractivity contribution in [3.63, 3.8) is 0 Å². The molecule has 1 aromatic rings. The number of anilines is 1. The van der Waals surface area contributed by atoms with Crippen LogP contribution in [0.15, 0.2) is 12.1 Å². The Labute approximate surface area is 109 Å². The summed E-state index contributed by atoms with van der Waals surface area (Å²) in [5.41, 5.74) is 4.92. The second-order valence-corrected chi connectivity index (χ2v) is 4.56. The Bertz CT molecular complexity index is 496. The summed E-state index contributed by atoms with van der Waals surface area (Å²) in [7, 11) is 0. The molecule has 1 unspecified atom stereocenters. The predicted octanol–water partition coefficient (Wildman–Crippen LogP) is 2.19. The summed E-state index contributed by atoms with van der Waals surface area (Å²) in [6.45, 7) is 0.705. The van der Waals surface area contributed by atoms with Crippen LogP contribution < -0.4 is 10.6 Å². The van der Waals surface area contributed by atoms with E-state index >= 15 is 0 Å². The standard InChI is InChI=1S/C12H15F2N3O2/c13-9-4-5-10(17(18)19)12(11(9)14)16-6-2-1-3-8(16)7-15/h4-5,8H,1-3,6-7,15H2. The number of benzene rings is 1. The van der Waals surface area contributed by atoms with E-state index in [-0.39, 0.29) is 18.3 Å². The number of nitrogens with zero attached hydrogens (tertiary/aromatic N) is 2. The highest BCUT2D eigenvalue weighted by Gasteiger charge is 2.31. The lowest BCUT2D eigenvalue weighted by Crippen LogP contribution is -2.45. The molecule has 104 valence electrons. The van der Waals surface area contributed by atoms with E-state index in [9.17, 15) is 18.9 Å². The van der Waals surface area contributed by atoms with Crippen LogP contribution in [-0.2, 0) is 0 Å². The van der Waals surface area contributed by atoms with Gasteiger partial charge in [-0.3, -0.25) is 10.1 Å². The van der Waals surface area contributed by atoms with Gasteiger partial charge in [0.15, 0.2) is 17.3 Å². The topological polar surface area (TPSA) is 72.4 Å². The molecule has 1 saturated heterocycles. The van der Waals surface area contributed by atoms with E-state index in [1.54, 1.807) is 0 Å². The first-order chi connectivity index (χ1) is 9.06. The van der Waals surface area contributed by atoms with E-state index in [2.05, 4.69) is 0 Å². The highest BCUT2D eigenvalue weighted by molar-refractivity contribution is 5.65. The molecule has 0 bridgehead atoms. The molecule has 0 aromatic heterocycles. The number of nitro groups is 1. The van der Waals surface area contributed by atoms with Gasteiger partial charge in [0.05, 0.1) is 4.92 Å². The monoisotopic (exact) mass is 271 g/mol. The molecule has 0 amide bonds. The van der Waals surface area contributed by atoms with Crippen LogP contribution >= 0.6 is 0 Å². The second-order valence-electron chi connectivity index (χ2n) is 4.56. The maximum absolute atomic E-state index is 14.0. The van der Waals surface area contributed by atoms with Crippen LogP contribution in [0.25, 0.3) is 0 Å². The summed E-state index contributed by atoms with van der Waals surface area (Å²) in [5.74, 6) is -2.25. The average Bonchev–Trinajstić information content (AvgIpc) is 2.41. The SMILES string of the molecule is NCC1CCCCN1c1c([N+](=O)[O-])ccc(F)c1F. The highest BCUT2D eigenvalue weighted by Crippen LogP contribution is 2.36. The van der Waals surface area contributed by atoms with E-state index in [0.29, 0.717) is 6.54 Å². The lowest BCUT2D eigenvalue weighted by Gasteiger charge is -2.36. The van der Waals surface area contributed by atoms with Crippen molar-refractivity contribution in [1.82, 2.24) is 0 Å². The third kappa shape index (κ3) is 2.51. The molecule has 1 atom stereocenters. The summed E-state index contributed by atoms with van der Waals surface area (Å²) in [6.07, 6.45) is 2.44. The lowest BCUT2D eigenvalue weighted by molar-refractivity contribution is -0.384. The average molecular weight is 271 g/mol.